The second-order valence-electron chi connectivity index (χ2n) is 8.50. The number of carbonyl (C=O) groups excluding carboxylic acids is 1. The molecule has 1 N–H and O–H groups in total. The number of likely N-dealkylation sites (tertiary alicyclic amines) is 1. The molecule has 12 heteroatoms. The second-order valence-corrected chi connectivity index (χ2v) is 9.31. The molecule has 1 unspecified atom stereocenters. The Hall–Kier alpha value is -2.27. The fraction of sp³-hybridized carbons (Fsp3) is 0.455. The summed E-state index contributed by atoms with van der Waals surface area (Å²) in [7, 11) is 0. The largest absolute Gasteiger partial charge is 0.435 e. The number of aromatic nitrogens is 2. The van der Waals surface area contributed by atoms with Crippen molar-refractivity contribution in [2.45, 2.75) is 37.8 Å². The minimum Gasteiger partial charge on any atom is -0.347 e. The molecule has 2 saturated heterocycles. The van der Waals surface area contributed by atoms with Crippen LogP contribution < -0.4 is 5.32 Å². The third-order valence-corrected chi connectivity index (χ3v) is 7.12. The maximum atomic E-state index is 13.7. The van der Waals surface area contributed by atoms with Crippen LogP contribution in [-0.2, 0) is 20.4 Å². The SMILES string of the molecule is CC1=C(C(=O)N2CCC3(CC2)OCCO3)C(c2ccc(Cl)c(Cl)c2)n2nc(C(F)(F)F)cc2N1. The molecule has 0 aliphatic carbocycles. The van der Waals surface area contributed by atoms with E-state index in [4.69, 9.17) is 32.7 Å². The lowest BCUT2D eigenvalue weighted by Gasteiger charge is -2.39. The van der Waals surface area contributed by atoms with Crippen LogP contribution in [0.4, 0.5) is 19.0 Å². The topological polar surface area (TPSA) is 68.6 Å². The van der Waals surface area contributed by atoms with E-state index in [1.54, 1.807) is 30.0 Å². The van der Waals surface area contributed by atoms with Crippen LogP contribution in [0.2, 0.25) is 10.0 Å². The van der Waals surface area contributed by atoms with E-state index in [0.29, 0.717) is 55.4 Å². The zero-order valence-electron chi connectivity index (χ0n) is 18.1. The number of hydrogen-bond acceptors (Lipinski definition) is 5. The number of fused-ring (bicyclic) bond motifs is 1. The molecule has 1 spiro atoms. The number of piperidine rings is 1. The van der Waals surface area contributed by atoms with E-state index in [2.05, 4.69) is 10.4 Å². The predicted octanol–water partition coefficient (Wildman–Crippen LogP) is 4.86. The summed E-state index contributed by atoms with van der Waals surface area (Å²) in [5.41, 5.74) is 0.160. The molecule has 5 rings (SSSR count). The van der Waals surface area contributed by atoms with E-state index in [1.165, 1.54) is 4.68 Å². The molecular formula is C22H21Cl2F3N4O3. The highest BCUT2D eigenvalue weighted by molar-refractivity contribution is 6.42. The van der Waals surface area contributed by atoms with E-state index in [1.807, 2.05) is 0 Å². The predicted molar refractivity (Wildman–Crippen MR) is 119 cm³/mol. The van der Waals surface area contributed by atoms with Gasteiger partial charge in [0.05, 0.1) is 28.8 Å². The highest BCUT2D eigenvalue weighted by atomic mass is 35.5. The first-order chi connectivity index (χ1) is 16.1. The fourth-order valence-corrected chi connectivity index (χ4v) is 4.99. The molecule has 0 saturated carbocycles. The van der Waals surface area contributed by atoms with E-state index in [-0.39, 0.29) is 22.3 Å². The van der Waals surface area contributed by atoms with Gasteiger partial charge in [0.15, 0.2) is 11.5 Å². The molecule has 2 fully saturated rings. The molecule has 1 amide bonds. The highest BCUT2D eigenvalue weighted by Crippen LogP contribution is 2.42. The number of rotatable bonds is 2. The summed E-state index contributed by atoms with van der Waals surface area (Å²) < 4.78 is 53.0. The average Bonchev–Trinajstić information content (AvgIpc) is 3.42. The average molecular weight is 517 g/mol. The lowest BCUT2D eigenvalue weighted by atomic mass is 9.93. The molecule has 2 aromatic rings. The van der Waals surface area contributed by atoms with Gasteiger partial charge in [-0.25, -0.2) is 4.68 Å². The lowest BCUT2D eigenvalue weighted by Crippen LogP contribution is -2.48. The van der Waals surface area contributed by atoms with Crippen molar-refractivity contribution in [2.24, 2.45) is 0 Å². The summed E-state index contributed by atoms with van der Waals surface area (Å²) in [4.78, 5) is 15.4. The van der Waals surface area contributed by atoms with Gasteiger partial charge in [0.2, 0.25) is 0 Å². The number of amides is 1. The van der Waals surface area contributed by atoms with Crippen molar-refractivity contribution in [2.75, 3.05) is 31.6 Å². The van der Waals surface area contributed by atoms with Crippen LogP contribution in [0.5, 0.6) is 0 Å². The number of hydrogen-bond donors (Lipinski definition) is 1. The van der Waals surface area contributed by atoms with Crippen LogP contribution in [-0.4, -0.2) is 52.7 Å². The van der Waals surface area contributed by atoms with Crippen LogP contribution in [0.25, 0.3) is 0 Å². The Labute approximate surface area is 203 Å². The van der Waals surface area contributed by atoms with Gasteiger partial charge < -0.3 is 19.7 Å². The molecular weight excluding hydrogens is 496 g/mol. The summed E-state index contributed by atoms with van der Waals surface area (Å²) in [6, 6.07) is 4.73. The second kappa shape index (κ2) is 8.44. The van der Waals surface area contributed by atoms with Gasteiger partial charge >= 0.3 is 6.18 Å². The van der Waals surface area contributed by atoms with Crippen molar-refractivity contribution in [1.82, 2.24) is 14.7 Å². The summed E-state index contributed by atoms with van der Waals surface area (Å²) >= 11 is 12.3. The first kappa shape index (κ1) is 23.5. The molecule has 34 heavy (non-hydrogen) atoms. The van der Waals surface area contributed by atoms with Gasteiger partial charge in [0.1, 0.15) is 11.9 Å². The van der Waals surface area contributed by atoms with E-state index in [0.717, 1.165) is 6.07 Å². The van der Waals surface area contributed by atoms with Gasteiger partial charge in [-0.15, -0.1) is 0 Å². The van der Waals surface area contributed by atoms with E-state index < -0.39 is 23.7 Å². The number of ether oxygens (including phenoxy) is 2. The Bertz CT molecular complexity index is 1160. The Balaban J connectivity index is 1.53. The smallest absolute Gasteiger partial charge is 0.347 e. The molecule has 0 bridgehead atoms. The van der Waals surface area contributed by atoms with E-state index >= 15 is 0 Å². The van der Waals surface area contributed by atoms with Crippen LogP contribution in [0, 0.1) is 0 Å². The summed E-state index contributed by atoms with van der Waals surface area (Å²) in [5.74, 6) is -0.836. The number of allylic oxidation sites excluding steroid dienone is 1. The Morgan fingerprint density at radius 3 is 2.44 bits per heavy atom. The van der Waals surface area contributed by atoms with Crippen LogP contribution in [0.3, 0.4) is 0 Å². The molecule has 3 aliphatic heterocycles. The molecule has 4 heterocycles. The molecule has 1 atom stereocenters. The molecule has 182 valence electrons. The third-order valence-electron chi connectivity index (χ3n) is 6.38. The maximum Gasteiger partial charge on any atom is 0.435 e. The van der Waals surface area contributed by atoms with Crippen molar-refractivity contribution in [3.63, 3.8) is 0 Å². The van der Waals surface area contributed by atoms with Crippen LogP contribution in [0.1, 0.15) is 37.1 Å². The first-order valence-electron chi connectivity index (χ1n) is 10.7. The summed E-state index contributed by atoms with van der Waals surface area (Å²) in [5, 5.41) is 7.25. The molecule has 1 aromatic carbocycles. The standard InChI is InChI=1S/C22H21Cl2F3N4O3/c1-12-18(20(32)30-6-4-21(5-7-30)33-8-9-34-21)19(13-2-3-14(23)15(24)10-13)31-17(28-12)11-16(29-31)22(25,26)27/h2-3,10-11,19,28H,4-9H2,1H3. The molecule has 3 aliphatic rings. The Morgan fingerprint density at radius 1 is 1.15 bits per heavy atom. The third kappa shape index (κ3) is 4.06. The van der Waals surface area contributed by atoms with Crippen molar-refractivity contribution in [3.05, 3.63) is 56.8 Å². The molecule has 1 aromatic heterocycles. The Morgan fingerprint density at radius 2 is 1.82 bits per heavy atom. The van der Waals surface area contributed by atoms with Gasteiger partial charge in [-0.3, -0.25) is 4.79 Å². The van der Waals surface area contributed by atoms with Gasteiger partial charge in [-0.1, -0.05) is 29.3 Å². The lowest BCUT2D eigenvalue weighted by molar-refractivity contribution is -0.186. The first-order valence-corrected chi connectivity index (χ1v) is 11.5. The minimum absolute atomic E-state index is 0.128. The highest BCUT2D eigenvalue weighted by Gasteiger charge is 2.44. The number of benzene rings is 1. The Kier molecular flexibility index (Phi) is 5.83. The molecule has 7 nitrogen and oxygen atoms in total. The van der Waals surface area contributed by atoms with Crippen molar-refractivity contribution >= 4 is 34.9 Å². The van der Waals surface area contributed by atoms with E-state index in [9.17, 15) is 18.0 Å². The summed E-state index contributed by atoms with van der Waals surface area (Å²) in [6.07, 6.45) is -3.61. The quantitative estimate of drug-likeness (QED) is 0.617. The number of halogens is 5. The number of carbonyl (C=O) groups is 1. The number of alkyl halides is 3. The van der Waals surface area contributed by atoms with Crippen molar-refractivity contribution in [1.29, 1.82) is 0 Å². The van der Waals surface area contributed by atoms with Crippen molar-refractivity contribution < 1.29 is 27.4 Å². The normalized spacial score (nSPS) is 22.2. The number of nitrogens with one attached hydrogen (secondary N) is 1. The summed E-state index contributed by atoms with van der Waals surface area (Å²) in [6.45, 7) is 3.49. The minimum atomic E-state index is -4.64. The fourth-order valence-electron chi connectivity index (χ4n) is 4.68. The van der Waals surface area contributed by atoms with Gasteiger partial charge in [-0.2, -0.15) is 18.3 Å². The van der Waals surface area contributed by atoms with Crippen LogP contribution in [0.15, 0.2) is 35.5 Å². The van der Waals surface area contributed by atoms with Gasteiger partial charge in [-0.05, 0) is 24.6 Å². The number of anilines is 1. The monoisotopic (exact) mass is 516 g/mol. The van der Waals surface area contributed by atoms with Crippen LogP contribution >= 0.6 is 23.2 Å². The van der Waals surface area contributed by atoms with Crippen molar-refractivity contribution in [3.8, 4) is 0 Å². The van der Waals surface area contributed by atoms with Gasteiger partial charge in [0, 0.05) is 37.7 Å². The zero-order chi connectivity index (χ0) is 24.3. The molecule has 0 radical (unpaired) electrons. The van der Waals surface area contributed by atoms with Gasteiger partial charge in [0.25, 0.3) is 5.91 Å². The number of nitrogens with zero attached hydrogens (tertiary/aromatic N) is 3. The zero-order valence-corrected chi connectivity index (χ0v) is 19.6. The maximum absolute atomic E-state index is 13.7.